The van der Waals surface area contributed by atoms with E-state index < -0.39 is 5.97 Å². The summed E-state index contributed by atoms with van der Waals surface area (Å²) in [5.41, 5.74) is 2.85. The zero-order valence-corrected chi connectivity index (χ0v) is 12.8. The molecule has 0 aliphatic carbocycles. The highest BCUT2D eigenvalue weighted by atomic mass is 35.5. The molecule has 0 unspecified atom stereocenters. The monoisotopic (exact) mass is 313 g/mol. The van der Waals surface area contributed by atoms with Crippen molar-refractivity contribution in [3.05, 3.63) is 47.0 Å². The Morgan fingerprint density at radius 1 is 1.09 bits per heavy atom. The molecule has 0 N–H and O–H groups in total. The Kier molecular flexibility index (Phi) is 3.73. The molecule has 1 aromatic heterocycles. The summed E-state index contributed by atoms with van der Waals surface area (Å²) in [7, 11) is 0. The molecule has 0 saturated carbocycles. The van der Waals surface area contributed by atoms with E-state index in [4.69, 9.17) is 16.3 Å². The lowest BCUT2D eigenvalue weighted by Gasteiger charge is -2.09. The van der Waals surface area contributed by atoms with E-state index in [0.29, 0.717) is 33.2 Å². The van der Waals surface area contributed by atoms with Gasteiger partial charge in [0.1, 0.15) is 11.3 Å². The summed E-state index contributed by atoms with van der Waals surface area (Å²) >= 11 is 5.98. The van der Waals surface area contributed by atoms with Crippen LogP contribution in [0.15, 0.2) is 36.4 Å². The highest BCUT2D eigenvalue weighted by molar-refractivity contribution is 6.31. The van der Waals surface area contributed by atoms with E-state index >= 15 is 0 Å². The van der Waals surface area contributed by atoms with Crippen molar-refractivity contribution in [2.75, 3.05) is 0 Å². The van der Waals surface area contributed by atoms with Gasteiger partial charge in [0.25, 0.3) is 0 Å². The molecule has 22 heavy (non-hydrogen) atoms. The minimum Gasteiger partial charge on any atom is -0.426 e. The first-order chi connectivity index (χ1) is 10.5. The Hall–Kier alpha value is -2.53. The van der Waals surface area contributed by atoms with Crippen LogP contribution in [0.5, 0.6) is 5.75 Å². The fourth-order valence-electron chi connectivity index (χ4n) is 2.08. The molecule has 0 amide bonds. The van der Waals surface area contributed by atoms with Gasteiger partial charge >= 0.3 is 5.97 Å². The van der Waals surface area contributed by atoms with Gasteiger partial charge in [-0.25, -0.2) is 4.98 Å². The number of aryl methyl sites for hydroxylation is 1. The third kappa shape index (κ3) is 2.89. The molecule has 1 heterocycles. The van der Waals surface area contributed by atoms with Gasteiger partial charge in [-0.05, 0) is 42.8 Å². The molecule has 0 atom stereocenters. The first kappa shape index (κ1) is 14.4. The Morgan fingerprint density at radius 2 is 1.91 bits per heavy atom. The van der Waals surface area contributed by atoms with Gasteiger partial charge in [-0.15, -0.1) is 10.2 Å². The van der Waals surface area contributed by atoms with Gasteiger partial charge in [0.05, 0.1) is 11.1 Å². The van der Waals surface area contributed by atoms with E-state index in [-0.39, 0.29) is 0 Å². The number of nitrogens with zero attached hydrogens (tertiary/aromatic N) is 3. The van der Waals surface area contributed by atoms with E-state index in [2.05, 4.69) is 15.2 Å². The van der Waals surface area contributed by atoms with Gasteiger partial charge < -0.3 is 4.74 Å². The first-order valence-electron chi connectivity index (χ1n) is 6.62. The number of fused-ring (bicyclic) bond motifs is 1. The molecule has 0 radical (unpaired) electrons. The second-order valence-electron chi connectivity index (χ2n) is 4.86. The maximum absolute atomic E-state index is 11.3. The molecule has 0 aliphatic rings. The van der Waals surface area contributed by atoms with Crippen LogP contribution in [-0.4, -0.2) is 21.2 Å². The number of carbonyl (C=O) groups is 1. The Morgan fingerprint density at radius 3 is 2.68 bits per heavy atom. The number of aromatic nitrogens is 3. The third-order valence-electron chi connectivity index (χ3n) is 3.05. The summed E-state index contributed by atoms with van der Waals surface area (Å²) in [5.74, 6) is 0.394. The predicted molar refractivity (Wildman–Crippen MR) is 83.8 cm³/mol. The molecule has 0 bridgehead atoms. The third-order valence-corrected chi connectivity index (χ3v) is 3.28. The van der Waals surface area contributed by atoms with E-state index in [1.165, 1.54) is 6.92 Å². The van der Waals surface area contributed by atoms with E-state index in [0.717, 1.165) is 5.56 Å². The molecule has 2 aromatic carbocycles. The average Bonchev–Trinajstić information content (AvgIpc) is 2.46. The zero-order valence-electron chi connectivity index (χ0n) is 12.0. The fraction of sp³-hybridized carbons (Fsp3) is 0.125. The van der Waals surface area contributed by atoms with Crippen molar-refractivity contribution >= 4 is 28.6 Å². The molecule has 0 saturated heterocycles. The molecular formula is C16H12ClN3O2. The molecule has 3 rings (SSSR count). The Bertz CT molecular complexity index is 880. The van der Waals surface area contributed by atoms with Crippen molar-refractivity contribution in [3.63, 3.8) is 0 Å². The van der Waals surface area contributed by atoms with Gasteiger partial charge in [-0.1, -0.05) is 17.7 Å². The molecule has 0 spiro atoms. The second kappa shape index (κ2) is 5.69. The van der Waals surface area contributed by atoms with Gasteiger partial charge in [0.2, 0.25) is 0 Å². The smallest absolute Gasteiger partial charge is 0.308 e. The normalized spacial score (nSPS) is 10.7. The molecule has 3 aromatic rings. The van der Waals surface area contributed by atoms with Gasteiger partial charge in [-0.2, -0.15) is 0 Å². The standard InChI is InChI=1S/C16H12ClN3O2/c1-9-3-5-12(15(7-9)22-10(2)21)16-18-14-8-11(17)4-6-13(14)19-20-16/h3-8H,1-2H3. The van der Waals surface area contributed by atoms with Crippen LogP contribution >= 0.6 is 11.6 Å². The van der Waals surface area contributed by atoms with Crippen molar-refractivity contribution in [1.29, 1.82) is 0 Å². The van der Waals surface area contributed by atoms with E-state index in [1.54, 1.807) is 30.3 Å². The molecule has 0 fully saturated rings. The zero-order chi connectivity index (χ0) is 15.7. The molecule has 5 nitrogen and oxygen atoms in total. The summed E-state index contributed by atoms with van der Waals surface area (Å²) in [5, 5.41) is 8.81. The summed E-state index contributed by atoms with van der Waals surface area (Å²) in [6.07, 6.45) is 0. The highest BCUT2D eigenvalue weighted by Crippen LogP contribution is 2.29. The molecule has 0 aliphatic heterocycles. The van der Waals surface area contributed by atoms with Crippen LogP contribution in [0.25, 0.3) is 22.4 Å². The number of hydrogen-bond donors (Lipinski definition) is 0. The number of esters is 1. The van der Waals surface area contributed by atoms with Crippen molar-refractivity contribution in [3.8, 4) is 17.1 Å². The number of carbonyl (C=O) groups excluding carboxylic acids is 1. The number of halogens is 1. The maximum Gasteiger partial charge on any atom is 0.308 e. The maximum atomic E-state index is 11.3. The van der Waals surface area contributed by atoms with Gasteiger partial charge in [-0.3, -0.25) is 4.79 Å². The summed E-state index contributed by atoms with van der Waals surface area (Å²) in [6, 6.07) is 10.7. The molecule has 6 heteroatoms. The fourth-order valence-corrected chi connectivity index (χ4v) is 2.24. The summed E-state index contributed by atoms with van der Waals surface area (Å²) in [4.78, 5) is 15.7. The average molecular weight is 314 g/mol. The number of benzene rings is 2. The van der Waals surface area contributed by atoms with Crippen LogP contribution in [0.2, 0.25) is 5.02 Å². The first-order valence-corrected chi connectivity index (χ1v) is 7.00. The van der Waals surface area contributed by atoms with Crippen molar-refractivity contribution < 1.29 is 9.53 Å². The van der Waals surface area contributed by atoms with Crippen LogP contribution in [0, 0.1) is 6.92 Å². The Balaban J connectivity index is 2.16. The number of hydrogen-bond acceptors (Lipinski definition) is 5. The van der Waals surface area contributed by atoms with Gasteiger partial charge in [0, 0.05) is 11.9 Å². The molecular weight excluding hydrogens is 302 g/mol. The van der Waals surface area contributed by atoms with E-state index in [1.807, 2.05) is 13.0 Å². The minimum atomic E-state index is -0.399. The van der Waals surface area contributed by atoms with Gasteiger partial charge in [0.15, 0.2) is 5.82 Å². The Labute approximate surface area is 131 Å². The number of ether oxygens (including phenoxy) is 1. The summed E-state index contributed by atoms with van der Waals surface area (Å²) < 4.78 is 5.24. The topological polar surface area (TPSA) is 65.0 Å². The SMILES string of the molecule is CC(=O)Oc1cc(C)ccc1-c1nnc2ccc(Cl)cc2n1. The van der Waals surface area contributed by atoms with Crippen LogP contribution < -0.4 is 4.74 Å². The lowest BCUT2D eigenvalue weighted by atomic mass is 10.1. The summed E-state index contributed by atoms with van der Waals surface area (Å²) in [6.45, 7) is 3.27. The van der Waals surface area contributed by atoms with Crippen molar-refractivity contribution in [2.24, 2.45) is 0 Å². The largest absolute Gasteiger partial charge is 0.426 e. The second-order valence-corrected chi connectivity index (χ2v) is 5.30. The van der Waals surface area contributed by atoms with Crippen LogP contribution in [0.3, 0.4) is 0 Å². The highest BCUT2D eigenvalue weighted by Gasteiger charge is 2.13. The molecule has 110 valence electrons. The van der Waals surface area contributed by atoms with Crippen LogP contribution in [-0.2, 0) is 4.79 Å². The number of rotatable bonds is 2. The van der Waals surface area contributed by atoms with E-state index in [9.17, 15) is 4.79 Å². The van der Waals surface area contributed by atoms with Crippen LogP contribution in [0.4, 0.5) is 0 Å². The lowest BCUT2D eigenvalue weighted by molar-refractivity contribution is -0.131. The lowest BCUT2D eigenvalue weighted by Crippen LogP contribution is -2.04. The van der Waals surface area contributed by atoms with Crippen LogP contribution in [0.1, 0.15) is 12.5 Å². The van der Waals surface area contributed by atoms with Crippen molar-refractivity contribution in [1.82, 2.24) is 15.2 Å². The van der Waals surface area contributed by atoms with Crippen molar-refractivity contribution in [2.45, 2.75) is 13.8 Å². The predicted octanol–water partition coefficient (Wildman–Crippen LogP) is 3.58. The quantitative estimate of drug-likeness (QED) is 0.534. The minimum absolute atomic E-state index is 0.381.